The first kappa shape index (κ1) is 40.1. The van der Waals surface area contributed by atoms with Crippen molar-refractivity contribution in [3.8, 4) is 44.5 Å². The maximum Gasteiger partial charge on any atom is 0.0510 e. The van der Waals surface area contributed by atoms with E-state index in [9.17, 15) is 0 Å². The van der Waals surface area contributed by atoms with Gasteiger partial charge in [0, 0.05) is 27.9 Å². The van der Waals surface area contributed by atoms with Gasteiger partial charge in [0.05, 0.1) is 5.41 Å². The first-order chi connectivity index (χ1) is 32.9. The number of para-hydroxylation sites is 1. The number of benzene rings is 8. The van der Waals surface area contributed by atoms with Crippen LogP contribution in [0.3, 0.4) is 0 Å². The molecule has 1 heteroatoms. The molecule has 0 saturated heterocycles. The Morgan fingerprint density at radius 3 is 1.82 bits per heavy atom. The van der Waals surface area contributed by atoms with E-state index in [1.54, 1.807) is 5.57 Å². The van der Waals surface area contributed by atoms with Crippen molar-refractivity contribution in [2.75, 3.05) is 4.90 Å². The zero-order valence-electron chi connectivity index (χ0n) is 39.0. The van der Waals surface area contributed by atoms with Crippen LogP contribution in [0.15, 0.2) is 211 Å². The molecule has 13 rings (SSSR count). The second-order valence-electron chi connectivity index (χ2n) is 20.0. The first-order valence-corrected chi connectivity index (χ1v) is 24.7. The van der Waals surface area contributed by atoms with E-state index in [-0.39, 0.29) is 16.2 Å². The van der Waals surface area contributed by atoms with Gasteiger partial charge in [0.25, 0.3) is 0 Å². The van der Waals surface area contributed by atoms with Gasteiger partial charge in [-0.05, 0) is 163 Å². The molecule has 324 valence electrons. The monoisotopic (exact) mass is 861 g/mol. The highest BCUT2D eigenvalue weighted by molar-refractivity contribution is 6.04. The minimum Gasteiger partial charge on any atom is -0.311 e. The van der Waals surface area contributed by atoms with Crippen LogP contribution in [-0.4, -0.2) is 0 Å². The van der Waals surface area contributed by atoms with Crippen molar-refractivity contribution in [3.63, 3.8) is 0 Å². The SMILES string of the molecule is CCC1(CC)C2=C(/C=C\C(N(c3ccccc3)c3cccc(-c4cc5c(c6c4C(C)(C)c4ccccc4-6)-c4ccccc4C54Cc5ccccc5-c5ccccc54)c3)=C\CC2)c2ccccc21. The Kier molecular flexibility index (Phi) is 8.91. The fraction of sp³-hybridized carbons (Fsp3) is 0.182. The molecular weight excluding hydrogens is 807 g/mol. The molecule has 0 saturated carbocycles. The van der Waals surface area contributed by atoms with Gasteiger partial charge in [0.15, 0.2) is 0 Å². The number of anilines is 2. The first-order valence-electron chi connectivity index (χ1n) is 24.7. The van der Waals surface area contributed by atoms with Crippen LogP contribution in [0.1, 0.15) is 97.9 Å². The summed E-state index contributed by atoms with van der Waals surface area (Å²) in [6.45, 7) is 9.67. The van der Waals surface area contributed by atoms with E-state index >= 15 is 0 Å². The molecule has 8 aromatic rings. The Labute approximate surface area is 396 Å². The van der Waals surface area contributed by atoms with Gasteiger partial charge in [-0.15, -0.1) is 0 Å². The summed E-state index contributed by atoms with van der Waals surface area (Å²) in [4.78, 5) is 2.50. The van der Waals surface area contributed by atoms with Gasteiger partial charge in [-0.25, -0.2) is 0 Å². The number of rotatable bonds is 6. The molecule has 1 atom stereocenters. The van der Waals surface area contributed by atoms with Gasteiger partial charge < -0.3 is 4.90 Å². The Morgan fingerprint density at radius 2 is 1.07 bits per heavy atom. The second-order valence-corrected chi connectivity index (χ2v) is 20.0. The Hall–Kier alpha value is -7.22. The summed E-state index contributed by atoms with van der Waals surface area (Å²) in [7, 11) is 0. The Morgan fingerprint density at radius 1 is 0.478 bits per heavy atom. The lowest BCUT2D eigenvalue weighted by Gasteiger charge is -2.40. The molecule has 1 unspecified atom stereocenters. The average molecular weight is 862 g/mol. The zero-order chi connectivity index (χ0) is 45.1. The molecule has 0 amide bonds. The predicted octanol–water partition coefficient (Wildman–Crippen LogP) is 17.1. The summed E-state index contributed by atoms with van der Waals surface area (Å²) in [6.07, 6.45) is 12.5. The highest BCUT2D eigenvalue weighted by Crippen LogP contribution is 2.65. The lowest BCUT2D eigenvalue weighted by Crippen LogP contribution is -2.33. The van der Waals surface area contributed by atoms with Crippen LogP contribution in [0.4, 0.5) is 11.4 Å². The number of allylic oxidation sites excluding steroid dienone is 5. The van der Waals surface area contributed by atoms with Crippen LogP contribution in [0.2, 0.25) is 0 Å². The Bertz CT molecular complexity index is 3440. The minimum absolute atomic E-state index is 0.0989. The summed E-state index contributed by atoms with van der Waals surface area (Å²) < 4.78 is 0. The third-order valence-corrected chi connectivity index (χ3v) is 16.8. The van der Waals surface area contributed by atoms with Gasteiger partial charge in [0.2, 0.25) is 0 Å². The predicted molar refractivity (Wildman–Crippen MR) is 281 cm³/mol. The molecule has 1 nitrogen and oxygen atoms in total. The molecule has 0 aliphatic heterocycles. The van der Waals surface area contributed by atoms with Crippen molar-refractivity contribution < 1.29 is 0 Å². The summed E-state index contributed by atoms with van der Waals surface area (Å²) in [6, 6.07) is 69.3. The van der Waals surface area contributed by atoms with Gasteiger partial charge in [-0.3, -0.25) is 0 Å². The molecule has 0 heterocycles. The molecular formula is C66H55N. The summed E-state index contributed by atoms with van der Waals surface area (Å²) >= 11 is 0. The third kappa shape index (κ3) is 5.49. The van der Waals surface area contributed by atoms with Crippen LogP contribution in [0.25, 0.3) is 50.1 Å². The third-order valence-electron chi connectivity index (χ3n) is 16.8. The maximum atomic E-state index is 2.65. The summed E-state index contributed by atoms with van der Waals surface area (Å²) in [5, 5.41) is 0. The van der Waals surface area contributed by atoms with Crippen LogP contribution >= 0.6 is 0 Å². The lowest BCUT2D eigenvalue weighted by molar-refractivity contribution is 0.462. The number of nitrogens with zero attached hydrogens (tertiary/aromatic N) is 1. The van der Waals surface area contributed by atoms with Crippen molar-refractivity contribution in [2.45, 2.75) is 76.0 Å². The van der Waals surface area contributed by atoms with E-state index in [0.29, 0.717) is 0 Å². The van der Waals surface area contributed by atoms with Crippen LogP contribution in [0.5, 0.6) is 0 Å². The molecule has 0 radical (unpaired) electrons. The molecule has 5 aliphatic carbocycles. The van der Waals surface area contributed by atoms with Crippen LogP contribution < -0.4 is 4.90 Å². The van der Waals surface area contributed by atoms with Crippen LogP contribution in [-0.2, 0) is 22.7 Å². The molecule has 1 spiro atoms. The molecule has 0 bridgehead atoms. The van der Waals surface area contributed by atoms with Gasteiger partial charge in [0.1, 0.15) is 0 Å². The molecule has 5 aliphatic rings. The van der Waals surface area contributed by atoms with Crippen molar-refractivity contribution in [1.82, 2.24) is 0 Å². The standard InChI is InChI=1S/C66H55N/c1-5-65(6-2)56-34-17-12-30-50(56)51-39-38-46(26-21-37-57(51)65)67(45-24-8-7-9-25-45)47-27-20-23-43(40-47)54-41-60-61(62-52-31-14-16-33-55(52)64(3,4)63(54)62)53-32-15-19-36-59(53)66(60)42-44-22-10-11-28-48(44)49-29-13-18-35-58(49)66/h7-20,22-36,38-41H,5-6,21,37,42H2,1-4H3/b39-38-,46-26-. The average Bonchev–Trinajstić information content (AvgIpc) is 3.90. The van der Waals surface area contributed by atoms with E-state index < -0.39 is 0 Å². The largest absolute Gasteiger partial charge is 0.311 e. The zero-order valence-corrected chi connectivity index (χ0v) is 39.0. The van der Waals surface area contributed by atoms with Crippen molar-refractivity contribution >= 4 is 16.9 Å². The molecule has 0 aromatic heterocycles. The number of hydrogen-bond donors (Lipinski definition) is 0. The normalized spacial score (nSPS) is 19.6. The maximum absolute atomic E-state index is 2.65. The molecule has 67 heavy (non-hydrogen) atoms. The highest BCUT2D eigenvalue weighted by atomic mass is 15.1. The van der Waals surface area contributed by atoms with Crippen molar-refractivity contribution in [1.29, 1.82) is 0 Å². The van der Waals surface area contributed by atoms with Crippen molar-refractivity contribution in [2.24, 2.45) is 0 Å². The highest BCUT2D eigenvalue weighted by Gasteiger charge is 2.52. The lowest BCUT2D eigenvalue weighted by atomic mass is 9.62. The molecule has 0 fully saturated rings. The minimum atomic E-state index is -0.357. The van der Waals surface area contributed by atoms with E-state index in [1.807, 2.05) is 0 Å². The smallest absolute Gasteiger partial charge is 0.0510 e. The number of fused-ring (bicyclic) bond motifs is 15. The second kappa shape index (κ2) is 14.9. The van der Waals surface area contributed by atoms with Crippen LogP contribution in [0, 0.1) is 0 Å². The quantitative estimate of drug-likeness (QED) is 0.161. The fourth-order valence-electron chi connectivity index (χ4n) is 13.9. The van der Waals surface area contributed by atoms with Gasteiger partial charge in [-0.2, -0.15) is 0 Å². The fourth-order valence-corrected chi connectivity index (χ4v) is 13.9. The van der Waals surface area contributed by atoms with Crippen molar-refractivity contribution in [3.05, 3.63) is 256 Å². The van der Waals surface area contributed by atoms with E-state index in [2.05, 4.69) is 233 Å². The topological polar surface area (TPSA) is 3.24 Å². The van der Waals surface area contributed by atoms with E-state index in [4.69, 9.17) is 0 Å². The van der Waals surface area contributed by atoms with Gasteiger partial charge >= 0.3 is 0 Å². The number of hydrogen-bond acceptors (Lipinski definition) is 1. The Balaban J connectivity index is 1.04. The molecule has 8 aromatic carbocycles. The van der Waals surface area contributed by atoms with Gasteiger partial charge in [-0.1, -0.05) is 197 Å². The summed E-state index contributed by atoms with van der Waals surface area (Å²) in [5.74, 6) is 0. The molecule has 0 N–H and O–H groups in total. The van der Waals surface area contributed by atoms with E-state index in [1.165, 1.54) is 100 Å². The summed E-state index contributed by atoms with van der Waals surface area (Å²) in [5.41, 5.74) is 28.3. The van der Waals surface area contributed by atoms with E-state index in [0.717, 1.165) is 43.5 Å².